The van der Waals surface area contributed by atoms with E-state index < -0.39 is 0 Å². The van der Waals surface area contributed by atoms with Crippen LogP contribution in [-0.4, -0.2) is 9.97 Å². The predicted molar refractivity (Wildman–Crippen MR) is 66.4 cm³/mol. The molecule has 0 spiro atoms. The Morgan fingerprint density at radius 3 is 2.19 bits per heavy atom. The molecule has 0 aliphatic rings. The summed E-state index contributed by atoms with van der Waals surface area (Å²) in [7, 11) is 0. The summed E-state index contributed by atoms with van der Waals surface area (Å²) in [6, 6.07) is 6.21. The van der Waals surface area contributed by atoms with Crippen molar-refractivity contribution >= 4 is 0 Å². The van der Waals surface area contributed by atoms with Gasteiger partial charge < -0.3 is 0 Å². The van der Waals surface area contributed by atoms with E-state index in [0.29, 0.717) is 0 Å². The second-order valence-electron chi connectivity index (χ2n) is 4.19. The summed E-state index contributed by atoms with van der Waals surface area (Å²) in [6.45, 7) is 8.25. The Bertz CT molecular complexity index is 510. The SMILES string of the molecule is Cc1ccc(-c2c(C)ccnc2C)nc1C. The van der Waals surface area contributed by atoms with Crippen LogP contribution in [0.25, 0.3) is 11.3 Å². The van der Waals surface area contributed by atoms with Gasteiger partial charge in [0.15, 0.2) is 0 Å². The van der Waals surface area contributed by atoms with Crippen LogP contribution in [-0.2, 0) is 0 Å². The molecule has 0 bridgehead atoms. The van der Waals surface area contributed by atoms with Crippen LogP contribution in [0.1, 0.15) is 22.5 Å². The van der Waals surface area contributed by atoms with Crippen LogP contribution in [0.3, 0.4) is 0 Å². The van der Waals surface area contributed by atoms with E-state index >= 15 is 0 Å². The smallest absolute Gasteiger partial charge is 0.0726 e. The molecule has 0 aliphatic carbocycles. The topological polar surface area (TPSA) is 25.8 Å². The van der Waals surface area contributed by atoms with Crippen molar-refractivity contribution in [3.63, 3.8) is 0 Å². The average Bonchev–Trinajstić information content (AvgIpc) is 2.23. The van der Waals surface area contributed by atoms with Crippen molar-refractivity contribution in [2.75, 3.05) is 0 Å². The number of aromatic nitrogens is 2. The lowest BCUT2D eigenvalue weighted by molar-refractivity contribution is 1.12. The summed E-state index contributed by atoms with van der Waals surface area (Å²) in [5, 5.41) is 0. The van der Waals surface area contributed by atoms with Crippen LogP contribution in [0.2, 0.25) is 0 Å². The van der Waals surface area contributed by atoms with Crippen molar-refractivity contribution in [1.82, 2.24) is 9.97 Å². The predicted octanol–water partition coefficient (Wildman–Crippen LogP) is 3.38. The molecule has 16 heavy (non-hydrogen) atoms. The summed E-state index contributed by atoms with van der Waals surface area (Å²) >= 11 is 0. The fourth-order valence-electron chi connectivity index (χ4n) is 1.85. The molecule has 2 aromatic heterocycles. The van der Waals surface area contributed by atoms with Gasteiger partial charge in [0.05, 0.1) is 5.69 Å². The normalized spacial score (nSPS) is 10.5. The standard InChI is InChI=1S/C14H16N2/c1-9-5-6-13(16-11(9)3)14-10(2)7-8-15-12(14)4/h5-8H,1-4H3. The van der Waals surface area contributed by atoms with Crippen molar-refractivity contribution in [3.8, 4) is 11.3 Å². The highest BCUT2D eigenvalue weighted by atomic mass is 14.7. The van der Waals surface area contributed by atoms with Gasteiger partial charge in [0.25, 0.3) is 0 Å². The maximum Gasteiger partial charge on any atom is 0.0726 e. The number of hydrogen-bond acceptors (Lipinski definition) is 2. The van der Waals surface area contributed by atoms with E-state index in [9.17, 15) is 0 Å². The zero-order chi connectivity index (χ0) is 11.7. The van der Waals surface area contributed by atoms with E-state index in [1.165, 1.54) is 11.1 Å². The summed E-state index contributed by atoms with van der Waals surface area (Å²) in [6.07, 6.45) is 1.84. The van der Waals surface area contributed by atoms with Gasteiger partial charge in [-0.25, -0.2) is 0 Å². The minimum atomic E-state index is 1.02. The highest BCUT2D eigenvalue weighted by molar-refractivity contribution is 5.66. The van der Waals surface area contributed by atoms with Crippen LogP contribution < -0.4 is 0 Å². The van der Waals surface area contributed by atoms with E-state index in [-0.39, 0.29) is 0 Å². The molecule has 82 valence electrons. The fraction of sp³-hybridized carbons (Fsp3) is 0.286. The molecule has 0 radical (unpaired) electrons. The van der Waals surface area contributed by atoms with Crippen LogP contribution in [0, 0.1) is 27.7 Å². The number of aryl methyl sites for hydroxylation is 4. The molecule has 0 saturated heterocycles. The first-order chi connectivity index (χ1) is 7.59. The second kappa shape index (κ2) is 4.05. The van der Waals surface area contributed by atoms with E-state index in [0.717, 1.165) is 22.6 Å². The molecule has 0 N–H and O–H groups in total. The van der Waals surface area contributed by atoms with Crippen LogP contribution >= 0.6 is 0 Å². The lowest BCUT2D eigenvalue weighted by atomic mass is 10.0. The van der Waals surface area contributed by atoms with Gasteiger partial charge in [0, 0.05) is 23.1 Å². The van der Waals surface area contributed by atoms with Gasteiger partial charge >= 0.3 is 0 Å². The fourth-order valence-corrected chi connectivity index (χ4v) is 1.85. The first-order valence-corrected chi connectivity index (χ1v) is 5.46. The molecule has 2 heteroatoms. The van der Waals surface area contributed by atoms with Gasteiger partial charge in [0.2, 0.25) is 0 Å². The Morgan fingerprint density at radius 1 is 0.812 bits per heavy atom. The molecule has 0 saturated carbocycles. The molecule has 0 fully saturated rings. The molecule has 0 atom stereocenters. The first kappa shape index (κ1) is 10.8. The molecule has 2 aromatic rings. The second-order valence-corrected chi connectivity index (χ2v) is 4.19. The third kappa shape index (κ3) is 1.83. The van der Waals surface area contributed by atoms with Crippen molar-refractivity contribution in [2.45, 2.75) is 27.7 Å². The Morgan fingerprint density at radius 2 is 1.56 bits per heavy atom. The number of pyridine rings is 2. The van der Waals surface area contributed by atoms with Crippen molar-refractivity contribution in [3.05, 3.63) is 46.9 Å². The molecule has 0 amide bonds. The zero-order valence-electron chi connectivity index (χ0n) is 10.2. The molecule has 2 heterocycles. The molecule has 0 aromatic carbocycles. The molecule has 2 rings (SSSR count). The highest BCUT2D eigenvalue weighted by Gasteiger charge is 2.08. The van der Waals surface area contributed by atoms with Crippen LogP contribution in [0.15, 0.2) is 24.4 Å². The average molecular weight is 212 g/mol. The van der Waals surface area contributed by atoms with Gasteiger partial charge in [0.1, 0.15) is 0 Å². The molecule has 0 aliphatic heterocycles. The molecular weight excluding hydrogens is 196 g/mol. The molecule has 0 unspecified atom stereocenters. The van der Waals surface area contributed by atoms with E-state index in [4.69, 9.17) is 0 Å². The number of rotatable bonds is 1. The van der Waals surface area contributed by atoms with Crippen LogP contribution in [0.4, 0.5) is 0 Å². The number of hydrogen-bond donors (Lipinski definition) is 0. The summed E-state index contributed by atoms with van der Waals surface area (Å²) < 4.78 is 0. The minimum absolute atomic E-state index is 1.02. The Labute approximate surface area is 96.4 Å². The van der Waals surface area contributed by atoms with Gasteiger partial charge in [-0.1, -0.05) is 6.07 Å². The minimum Gasteiger partial charge on any atom is -0.261 e. The third-order valence-electron chi connectivity index (χ3n) is 2.96. The quantitative estimate of drug-likeness (QED) is 0.724. The third-order valence-corrected chi connectivity index (χ3v) is 2.96. The van der Waals surface area contributed by atoms with Crippen molar-refractivity contribution in [2.24, 2.45) is 0 Å². The monoisotopic (exact) mass is 212 g/mol. The summed E-state index contributed by atoms with van der Waals surface area (Å²) in [5.74, 6) is 0. The van der Waals surface area contributed by atoms with Gasteiger partial charge in [-0.3, -0.25) is 9.97 Å². The van der Waals surface area contributed by atoms with Crippen molar-refractivity contribution < 1.29 is 0 Å². The summed E-state index contributed by atoms with van der Waals surface area (Å²) in [4.78, 5) is 8.95. The van der Waals surface area contributed by atoms with E-state index in [1.54, 1.807) is 0 Å². The molecular formula is C14H16N2. The summed E-state index contributed by atoms with van der Waals surface area (Å²) in [5.41, 5.74) is 6.75. The van der Waals surface area contributed by atoms with E-state index in [1.807, 2.05) is 26.1 Å². The Balaban J connectivity index is 2.63. The lowest BCUT2D eigenvalue weighted by Gasteiger charge is -2.09. The van der Waals surface area contributed by atoms with Crippen LogP contribution in [0.5, 0.6) is 0 Å². The maximum atomic E-state index is 4.62. The lowest BCUT2D eigenvalue weighted by Crippen LogP contribution is -1.96. The zero-order valence-corrected chi connectivity index (χ0v) is 10.2. The van der Waals surface area contributed by atoms with Gasteiger partial charge in [-0.2, -0.15) is 0 Å². The first-order valence-electron chi connectivity index (χ1n) is 5.46. The van der Waals surface area contributed by atoms with Crippen molar-refractivity contribution in [1.29, 1.82) is 0 Å². The Kier molecular flexibility index (Phi) is 2.73. The molecule has 2 nitrogen and oxygen atoms in total. The highest BCUT2D eigenvalue weighted by Crippen LogP contribution is 2.24. The Hall–Kier alpha value is -1.70. The van der Waals surface area contributed by atoms with Gasteiger partial charge in [-0.05, 0) is 51.0 Å². The van der Waals surface area contributed by atoms with Gasteiger partial charge in [-0.15, -0.1) is 0 Å². The largest absolute Gasteiger partial charge is 0.261 e. The number of nitrogens with zero attached hydrogens (tertiary/aromatic N) is 2. The van der Waals surface area contributed by atoms with E-state index in [2.05, 4.69) is 35.9 Å². The maximum absolute atomic E-state index is 4.62.